The predicted molar refractivity (Wildman–Crippen MR) is 116 cm³/mol. The summed E-state index contributed by atoms with van der Waals surface area (Å²) in [5, 5.41) is 5.87. The van der Waals surface area contributed by atoms with Crippen LogP contribution in [0.2, 0.25) is 0 Å². The molecular formula is C23H29N3O4. The van der Waals surface area contributed by atoms with Crippen LogP contribution in [0, 0.1) is 0 Å². The molecule has 0 saturated carbocycles. The maximum absolute atomic E-state index is 12.3. The van der Waals surface area contributed by atoms with Gasteiger partial charge in [0.15, 0.2) is 0 Å². The molecule has 1 saturated heterocycles. The molecule has 2 aromatic rings. The molecule has 3 rings (SSSR count). The zero-order chi connectivity index (χ0) is 21.3. The van der Waals surface area contributed by atoms with E-state index in [1.54, 1.807) is 14.2 Å². The lowest BCUT2D eigenvalue weighted by atomic mass is 10.1. The Morgan fingerprint density at radius 2 is 1.83 bits per heavy atom. The second-order valence-corrected chi connectivity index (χ2v) is 7.28. The molecule has 2 aromatic carbocycles. The summed E-state index contributed by atoms with van der Waals surface area (Å²) >= 11 is 0. The number of ether oxygens (including phenoxy) is 2. The number of amides is 3. The van der Waals surface area contributed by atoms with Gasteiger partial charge in [-0.25, -0.2) is 4.79 Å². The molecule has 7 nitrogen and oxygen atoms in total. The van der Waals surface area contributed by atoms with Gasteiger partial charge in [0.2, 0.25) is 5.91 Å². The zero-order valence-corrected chi connectivity index (χ0v) is 17.6. The van der Waals surface area contributed by atoms with Crippen molar-refractivity contribution in [1.29, 1.82) is 0 Å². The van der Waals surface area contributed by atoms with E-state index in [0.29, 0.717) is 19.4 Å². The van der Waals surface area contributed by atoms with E-state index in [-0.39, 0.29) is 11.9 Å². The van der Waals surface area contributed by atoms with Crippen LogP contribution in [0.4, 0.5) is 10.5 Å². The molecule has 0 aromatic heterocycles. The highest BCUT2D eigenvalue weighted by atomic mass is 16.5. The smallest absolute Gasteiger partial charge is 0.321 e. The molecule has 1 heterocycles. The predicted octanol–water partition coefficient (Wildman–Crippen LogP) is 3.58. The molecule has 0 atom stereocenters. The fourth-order valence-corrected chi connectivity index (χ4v) is 3.50. The molecule has 2 N–H and O–H groups in total. The minimum Gasteiger partial charge on any atom is -0.497 e. The van der Waals surface area contributed by atoms with Crippen molar-refractivity contribution in [2.24, 2.45) is 0 Å². The normalized spacial score (nSPS) is 13.1. The van der Waals surface area contributed by atoms with Gasteiger partial charge in [-0.15, -0.1) is 0 Å². The van der Waals surface area contributed by atoms with Crippen LogP contribution in [-0.2, 0) is 17.8 Å². The van der Waals surface area contributed by atoms with Crippen LogP contribution in [0.15, 0.2) is 42.5 Å². The van der Waals surface area contributed by atoms with Crippen molar-refractivity contribution >= 4 is 17.6 Å². The summed E-state index contributed by atoms with van der Waals surface area (Å²) in [5.74, 6) is 1.43. The van der Waals surface area contributed by atoms with Crippen molar-refractivity contribution in [2.45, 2.75) is 32.2 Å². The Kier molecular flexibility index (Phi) is 7.54. The Hall–Kier alpha value is -3.22. The molecule has 7 heteroatoms. The van der Waals surface area contributed by atoms with Gasteiger partial charge in [-0.2, -0.15) is 0 Å². The van der Waals surface area contributed by atoms with E-state index in [9.17, 15) is 9.59 Å². The molecule has 0 radical (unpaired) electrons. The number of rotatable bonds is 8. The van der Waals surface area contributed by atoms with Gasteiger partial charge in [-0.1, -0.05) is 12.1 Å². The number of nitrogens with zero attached hydrogens (tertiary/aromatic N) is 1. The van der Waals surface area contributed by atoms with Gasteiger partial charge in [0.25, 0.3) is 0 Å². The molecule has 3 amide bonds. The molecule has 160 valence electrons. The monoisotopic (exact) mass is 411 g/mol. The third-order valence-electron chi connectivity index (χ3n) is 5.17. The van der Waals surface area contributed by atoms with Gasteiger partial charge < -0.3 is 25.0 Å². The largest absolute Gasteiger partial charge is 0.497 e. The van der Waals surface area contributed by atoms with E-state index >= 15 is 0 Å². The first-order valence-electron chi connectivity index (χ1n) is 10.2. The zero-order valence-electron chi connectivity index (χ0n) is 17.6. The van der Waals surface area contributed by atoms with Gasteiger partial charge >= 0.3 is 6.03 Å². The number of likely N-dealkylation sites (tertiary alicyclic amines) is 1. The average molecular weight is 412 g/mol. The number of benzene rings is 2. The third kappa shape index (κ3) is 5.89. The van der Waals surface area contributed by atoms with Crippen molar-refractivity contribution in [3.8, 4) is 11.5 Å². The molecular weight excluding hydrogens is 382 g/mol. The average Bonchev–Trinajstić information content (AvgIpc) is 3.31. The summed E-state index contributed by atoms with van der Waals surface area (Å²) in [5.41, 5.74) is 2.60. The highest BCUT2D eigenvalue weighted by Crippen LogP contribution is 2.25. The number of aryl methyl sites for hydroxylation is 1. The summed E-state index contributed by atoms with van der Waals surface area (Å²) < 4.78 is 10.6. The molecule has 0 bridgehead atoms. The quantitative estimate of drug-likeness (QED) is 0.696. The number of carbonyl (C=O) groups excluding carboxylic acids is 2. The SMILES string of the molecule is COc1ccc(OC)c(CCC(=O)NCc2cccc(NC(=O)N3CCCC3)c2)c1. The summed E-state index contributed by atoms with van der Waals surface area (Å²) in [6.07, 6.45) is 3.01. The minimum absolute atomic E-state index is 0.0496. The molecule has 1 aliphatic heterocycles. The Bertz CT molecular complexity index is 879. The number of hydrogen-bond donors (Lipinski definition) is 2. The van der Waals surface area contributed by atoms with Crippen molar-refractivity contribution in [2.75, 3.05) is 32.6 Å². The number of urea groups is 1. The number of methoxy groups -OCH3 is 2. The molecule has 1 fully saturated rings. The van der Waals surface area contributed by atoms with Crippen molar-refractivity contribution in [3.05, 3.63) is 53.6 Å². The summed E-state index contributed by atoms with van der Waals surface area (Å²) in [6, 6.07) is 13.0. The molecule has 30 heavy (non-hydrogen) atoms. The van der Waals surface area contributed by atoms with Crippen molar-refractivity contribution in [3.63, 3.8) is 0 Å². The van der Waals surface area contributed by atoms with Gasteiger partial charge in [-0.3, -0.25) is 4.79 Å². The first-order chi connectivity index (χ1) is 14.6. The van der Waals surface area contributed by atoms with Crippen LogP contribution in [0.3, 0.4) is 0 Å². The van der Waals surface area contributed by atoms with Crippen LogP contribution >= 0.6 is 0 Å². The van der Waals surface area contributed by atoms with E-state index in [0.717, 1.165) is 54.2 Å². The Labute approximate surface area is 177 Å². The van der Waals surface area contributed by atoms with Gasteiger partial charge in [-0.05, 0) is 60.7 Å². The van der Waals surface area contributed by atoms with E-state index in [1.807, 2.05) is 47.4 Å². The van der Waals surface area contributed by atoms with Crippen LogP contribution < -0.4 is 20.1 Å². The van der Waals surface area contributed by atoms with Crippen LogP contribution in [0.1, 0.15) is 30.4 Å². The second kappa shape index (κ2) is 10.5. The van der Waals surface area contributed by atoms with E-state index in [1.165, 1.54) is 0 Å². The summed E-state index contributed by atoms with van der Waals surface area (Å²) in [6.45, 7) is 2.01. The summed E-state index contributed by atoms with van der Waals surface area (Å²) in [4.78, 5) is 26.4. The fraction of sp³-hybridized carbons (Fsp3) is 0.391. The number of carbonyl (C=O) groups is 2. The van der Waals surface area contributed by atoms with Crippen molar-refractivity contribution in [1.82, 2.24) is 10.2 Å². The highest BCUT2D eigenvalue weighted by Gasteiger charge is 2.17. The molecule has 1 aliphatic rings. The van der Waals surface area contributed by atoms with Crippen LogP contribution in [0.25, 0.3) is 0 Å². The third-order valence-corrected chi connectivity index (χ3v) is 5.17. The van der Waals surface area contributed by atoms with Gasteiger partial charge in [0, 0.05) is 31.7 Å². The maximum Gasteiger partial charge on any atom is 0.321 e. The molecule has 0 spiro atoms. The van der Waals surface area contributed by atoms with Crippen LogP contribution in [0.5, 0.6) is 11.5 Å². The summed E-state index contributed by atoms with van der Waals surface area (Å²) in [7, 11) is 3.22. The Morgan fingerprint density at radius 1 is 1.03 bits per heavy atom. The number of anilines is 1. The van der Waals surface area contributed by atoms with Gasteiger partial charge in [0.05, 0.1) is 14.2 Å². The van der Waals surface area contributed by atoms with E-state index in [2.05, 4.69) is 10.6 Å². The van der Waals surface area contributed by atoms with E-state index < -0.39 is 0 Å². The number of hydrogen-bond acceptors (Lipinski definition) is 4. The first-order valence-corrected chi connectivity index (χ1v) is 10.2. The number of nitrogens with one attached hydrogen (secondary N) is 2. The molecule has 0 aliphatic carbocycles. The minimum atomic E-state index is -0.0686. The van der Waals surface area contributed by atoms with E-state index in [4.69, 9.17) is 9.47 Å². The van der Waals surface area contributed by atoms with Gasteiger partial charge in [0.1, 0.15) is 11.5 Å². The Morgan fingerprint density at radius 3 is 2.57 bits per heavy atom. The highest BCUT2D eigenvalue weighted by molar-refractivity contribution is 5.89. The maximum atomic E-state index is 12.3. The lowest BCUT2D eigenvalue weighted by Gasteiger charge is -2.16. The second-order valence-electron chi connectivity index (χ2n) is 7.28. The van der Waals surface area contributed by atoms with Crippen molar-refractivity contribution < 1.29 is 19.1 Å². The van der Waals surface area contributed by atoms with Crippen LogP contribution in [-0.4, -0.2) is 44.1 Å². The molecule has 0 unspecified atom stereocenters. The lowest BCUT2D eigenvalue weighted by Crippen LogP contribution is -2.32. The topological polar surface area (TPSA) is 79.9 Å². The fourth-order valence-electron chi connectivity index (χ4n) is 3.50. The first kappa shape index (κ1) is 21.5. The standard InChI is InChI=1S/C23H29N3O4/c1-29-20-9-10-21(30-2)18(15-20)8-11-22(27)24-16-17-6-5-7-19(14-17)25-23(28)26-12-3-4-13-26/h5-7,9-10,14-15H,3-4,8,11-13,16H2,1-2H3,(H,24,27)(H,25,28). The lowest BCUT2D eigenvalue weighted by molar-refractivity contribution is -0.121. The Balaban J connectivity index is 1.49.